The van der Waals surface area contributed by atoms with Crippen LogP contribution in [0.1, 0.15) is 17.2 Å². The van der Waals surface area contributed by atoms with Crippen molar-refractivity contribution in [2.75, 3.05) is 18.6 Å². The topological polar surface area (TPSA) is 105 Å². The molecule has 4 aromatic rings. The van der Waals surface area contributed by atoms with Crippen molar-refractivity contribution in [2.24, 2.45) is 0 Å². The average molecular weight is 409 g/mol. The molecule has 2 heterocycles. The predicted octanol–water partition coefficient (Wildman–Crippen LogP) is 3.43. The lowest BCUT2D eigenvalue weighted by Crippen LogP contribution is -2.11. The highest BCUT2D eigenvalue weighted by Gasteiger charge is 2.27. The predicted molar refractivity (Wildman–Crippen MR) is 116 cm³/mol. The molecule has 0 amide bonds. The molecule has 0 fully saturated rings. The van der Waals surface area contributed by atoms with Gasteiger partial charge in [0.1, 0.15) is 23.6 Å². The molecular weight excluding hydrogens is 388 g/mol. The second-order valence-electron chi connectivity index (χ2n) is 7.04. The summed E-state index contributed by atoms with van der Waals surface area (Å²) < 4.78 is 7.37. The van der Waals surface area contributed by atoms with E-state index in [9.17, 15) is 0 Å². The molecule has 7 nitrogen and oxygen atoms in total. The summed E-state index contributed by atoms with van der Waals surface area (Å²) in [6.07, 6.45) is 3.33. The Labute approximate surface area is 174 Å². The van der Waals surface area contributed by atoms with Crippen molar-refractivity contribution in [3.05, 3.63) is 59.9 Å². The third-order valence-corrected chi connectivity index (χ3v) is 5.40. The summed E-state index contributed by atoms with van der Waals surface area (Å²) in [7, 11) is 1.60. The maximum Gasteiger partial charge on any atom is 0.164 e. The van der Waals surface area contributed by atoms with E-state index >= 15 is 0 Å². The van der Waals surface area contributed by atoms with Gasteiger partial charge in [0.25, 0.3) is 0 Å². The largest absolute Gasteiger partial charge is 0.495 e. The zero-order valence-corrected chi connectivity index (χ0v) is 16.7. The zero-order chi connectivity index (χ0) is 19.3. The zero-order valence-electron chi connectivity index (χ0n) is 15.9. The molecule has 29 heavy (non-hydrogen) atoms. The molecule has 0 saturated carbocycles. The number of nitrogens with two attached hydrogens (primary N) is 2. The maximum absolute atomic E-state index is 6.23. The Morgan fingerprint density at radius 2 is 1.76 bits per heavy atom. The van der Waals surface area contributed by atoms with E-state index in [1.54, 1.807) is 7.11 Å². The second kappa shape index (κ2) is 7.25. The molecule has 5 rings (SSSR count). The van der Waals surface area contributed by atoms with E-state index in [1.165, 1.54) is 17.5 Å². The van der Waals surface area contributed by atoms with Gasteiger partial charge in [-0.25, -0.2) is 14.6 Å². The highest BCUT2D eigenvalue weighted by Crippen LogP contribution is 2.37. The monoisotopic (exact) mass is 408 g/mol. The third-order valence-electron chi connectivity index (χ3n) is 5.40. The molecule has 0 atom stereocenters. The van der Waals surface area contributed by atoms with Crippen LogP contribution < -0.4 is 16.2 Å². The standard InChI is InChI=1S/C21H20N6O.ClH/c1-28-17-10-14(6-7-16(17)22)19-18-20(23)24-11-25-21(18)27(26-19)15-8-12-4-2-3-5-13(12)9-15;/h2-7,10-11,15H,8-9,22H2,1H3,(H2,23,24,25);1H. The molecule has 4 N–H and O–H groups in total. The van der Waals surface area contributed by atoms with Gasteiger partial charge in [-0.2, -0.15) is 5.10 Å². The first-order chi connectivity index (χ1) is 13.7. The molecule has 0 aliphatic heterocycles. The normalized spacial score (nSPS) is 13.3. The number of rotatable bonds is 3. The van der Waals surface area contributed by atoms with Crippen LogP contribution in [0.2, 0.25) is 0 Å². The molecule has 0 radical (unpaired) electrons. The SMILES string of the molecule is COc1cc(-c2nn(C3Cc4ccccc4C3)c3ncnc(N)c23)ccc1N.Cl. The quantitative estimate of drug-likeness (QED) is 0.503. The van der Waals surface area contributed by atoms with Crippen LogP contribution in [-0.4, -0.2) is 26.9 Å². The summed E-state index contributed by atoms with van der Waals surface area (Å²) in [6, 6.07) is 14.3. The number of hydrogen-bond acceptors (Lipinski definition) is 6. The van der Waals surface area contributed by atoms with Crippen molar-refractivity contribution in [1.82, 2.24) is 19.7 Å². The summed E-state index contributed by atoms with van der Waals surface area (Å²) in [5, 5.41) is 5.68. The van der Waals surface area contributed by atoms with Crippen molar-refractivity contribution in [1.29, 1.82) is 0 Å². The van der Waals surface area contributed by atoms with Gasteiger partial charge < -0.3 is 16.2 Å². The van der Waals surface area contributed by atoms with Crippen LogP contribution in [0.5, 0.6) is 5.75 Å². The van der Waals surface area contributed by atoms with Gasteiger partial charge in [-0.15, -0.1) is 12.4 Å². The number of halogens is 1. The molecule has 0 bridgehead atoms. The molecule has 2 aromatic carbocycles. The number of methoxy groups -OCH3 is 1. The molecule has 0 unspecified atom stereocenters. The first-order valence-corrected chi connectivity index (χ1v) is 9.15. The maximum atomic E-state index is 6.23. The number of nitrogen functional groups attached to an aromatic ring is 2. The van der Waals surface area contributed by atoms with E-state index in [4.69, 9.17) is 21.3 Å². The number of ether oxygens (including phenoxy) is 1. The Morgan fingerprint density at radius 3 is 2.45 bits per heavy atom. The Kier molecular flexibility index (Phi) is 4.76. The number of fused-ring (bicyclic) bond motifs is 2. The fraction of sp³-hybridized carbons (Fsp3) is 0.190. The lowest BCUT2D eigenvalue weighted by Gasteiger charge is -2.10. The Bertz CT molecular complexity index is 1180. The third kappa shape index (κ3) is 3.03. The van der Waals surface area contributed by atoms with Crippen LogP contribution >= 0.6 is 12.4 Å². The Hall–Kier alpha value is -3.32. The van der Waals surface area contributed by atoms with Gasteiger partial charge in [-0.3, -0.25) is 0 Å². The first kappa shape index (κ1) is 19.0. The summed E-state index contributed by atoms with van der Waals surface area (Å²) in [5.74, 6) is 1.02. The van der Waals surface area contributed by atoms with E-state index in [0.717, 1.165) is 35.1 Å². The van der Waals surface area contributed by atoms with Crippen molar-refractivity contribution >= 4 is 34.9 Å². The average Bonchev–Trinajstić information content (AvgIpc) is 3.30. The van der Waals surface area contributed by atoms with E-state index in [1.807, 2.05) is 22.9 Å². The summed E-state index contributed by atoms with van der Waals surface area (Å²) >= 11 is 0. The highest BCUT2D eigenvalue weighted by molar-refractivity contribution is 5.98. The van der Waals surface area contributed by atoms with Gasteiger partial charge in [0.15, 0.2) is 5.65 Å². The van der Waals surface area contributed by atoms with E-state index < -0.39 is 0 Å². The fourth-order valence-electron chi connectivity index (χ4n) is 4.02. The smallest absolute Gasteiger partial charge is 0.164 e. The molecule has 148 valence electrons. The van der Waals surface area contributed by atoms with Crippen molar-refractivity contribution < 1.29 is 4.74 Å². The number of nitrogens with zero attached hydrogens (tertiary/aromatic N) is 4. The van der Waals surface area contributed by atoms with Gasteiger partial charge in [0.05, 0.1) is 24.2 Å². The first-order valence-electron chi connectivity index (χ1n) is 9.15. The van der Waals surface area contributed by atoms with E-state index in [2.05, 4.69) is 34.2 Å². The van der Waals surface area contributed by atoms with Crippen molar-refractivity contribution in [3.8, 4) is 17.0 Å². The minimum atomic E-state index is 0. The molecule has 2 aromatic heterocycles. The molecule has 1 aliphatic rings. The van der Waals surface area contributed by atoms with Crippen molar-refractivity contribution in [3.63, 3.8) is 0 Å². The van der Waals surface area contributed by atoms with Crippen molar-refractivity contribution in [2.45, 2.75) is 18.9 Å². The van der Waals surface area contributed by atoms with E-state index in [-0.39, 0.29) is 18.4 Å². The minimum absolute atomic E-state index is 0. The van der Waals surface area contributed by atoms with Crippen LogP contribution in [0.25, 0.3) is 22.3 Å². The molecule has 0 saturated heterocycles. The molecule has 8 heteroatoms. The van der Waals surface area contributed by atoms with Gasteiger partial charge in [-0.05, 0) is 36.1 Å². The number of anilines is 2. The highest BCUT2D eigenvalue weighted by atomic mass is 35.5. The van der Waals surface area contributed by atoms with E-state index in [0.29, 0.717) is 17.3 Å². The molecular formula is C21H21ClN6O. The lowest BCUT2D eigenvalue weighted by molar-refractivity contribution is 0.417. The fourth-order valence-corrected chi connectivity index (χ4v) is 4.02. The summed E-state index contributed by atoms with van der Waals surface area (Å²) in [5.41, 5.74) is 17.8. The van der Waals surface area contributed by atoms with Crippen LogP contribution in [-0.2, 0) is 12.8 Å². The molecule has 0 spiro atoms. The van der Waals surface area contributed by atoms with Gasteiger partial charge >= 0.3 is 0 Å². The Balaban J connectivity index is 0.00000205. The number of hydrogen-bond donors (Lipinski definition) is 2. The van der Waals surface area contributed by atoms with Crippen LogP contribution in [0.4, 0.5) is 11.5 Å². The van der Waals surface area contributed by atoms with Gasteiger partial charge in [-0.1, -0.05) is 30.3 Å². The molecule has 1 aliphatic carbocycles. The van der Waals surface area contributed by atoms with Gasteiger partial charge in [0, 0.05) is 5.56 Å². The summed E-state index contributed by atoms with van der Waals surface area (Å²) in [4.78, 5) is 8.70. The van der Waals surface area contributed by atoms with Crippen LogP contribution in [0, 0.1) is 0 Å². The van der Waals surface area contributed by atoms with Crippen LogP contribution in [0.15, 0.2) is 48.8 Å². The number of aromatic nitrogens is 4. The van der Waals surface area contributed by atoms with Gasteiger partial charge in [0.2, 0.25) is 0 Å². The number of benzene rings is 2. The van der Waals surface area contributed by atoms with Crippen LogP contribution in [0.3, 0.4) is 0 Å². The second-order valence-corrected chi connectivity index (χ2v) is 7.04. The lowest BCUT2D eigenvalue weighted by atomic mass is 10.1. The summed E-state index contributed by atoms with van der Waals surface area (Å²) in [6.45, 7) is 0. The minimum Gasteiger partial charge on any atom is -0.495 e. The Morgan fingerprint density at radius 1 is 1.03 bits per heavy atom.